The van der Waals surface area contributed by atoms with Gasteiger partial charge in [-0.3, -0.25) is 9.20 Å². The molecule has 0 bridgehead atoms. The molecule has 3 heteroatoms. The quantitative estimate of drug-likeness (QED) is 0.563. The predicted octanol–water partition coefficient (Wildman–Crippen LogP) is 5.38. The number of allylic oxidation sites excluding steroid dienone is 2. The monoisotopic (exact) mass is 372 g/mol. The molecule has 2 heterocycles. The van der Waals surface area contributed by atoms with Crippen LogP contribution in [0, 0.1) is 11.8 Å². The molecule has 1 aliphatic carbocycles. The van der Waals surface area contributed by atoms with Crippen molar-refractivity contribution in [2.24, 2.45) is 11.8 Å². The third-order valence-corrected chi connectivity index (χ3v) is 6.03. The number of rotatable bonds is 5. The average Bonchev–Trinajstić information content (AvgIpc) is 2.73. The van der Waals surface area contributed by atoms with Crippen LogP contribution < -0.4 is 5.56 Å². The third kappa shape index (κ3) is 3.66. The third-order valence-electron chi connectivity index (χ3n) is 6.03. The van der Waals surface area contributed by atoms with E-state index in [1.54, 1.807) is 4.40 Å². The Kier molecular flexibility index (Phi) is 5.43. The molecule has 3 atom stereocenters. The minimum atomic E-state index is 0.0658. The Balaban J connectivity index is 1.86. The zero-order valence-corrected chi connectivity index (χ0v) is 16.7. The number of aromatic nitrogens is 2. The molecule has 2 aromatic heterocycles. The van der Waals surface area contributed by atoms with Crippen LogP contribution in [-0.4, -0.2) is 9.38 Å². The van der Waals surface area contributed by atoms with Gasteiger partial charge in [0.1, 0.15) is 5.65 Å². The maximum Gasteiger partial charge on any atom is 0.261 e. The first kappa shape index (κ1) is 18.7. The number of pyridine rings is 1. The fraction of sp³-hybridized carbons (Fsp3) is 0.360. The molecule has 0 radical (unpaired) electrons. The van der Waals surface area contributed by atoms with Crippen LogP contribution >= 0.6 is 0 Å². The first-order valence-corrected chi connectivity index (χ1v) is 10.4. The zero-order valence-electron chi connectivity index (χ0n) is 16.7. The Bertz CT molecular complexity index is 1040. The van der Waals surface area contributed by atoms with Crippen LogP contribution in [0.2, 0.25) is 0 Å². The van der Waals surface area contributed by atoms with Crippen molar-refractivity contribution in [1.82, 2.24) is 9.38 Å². The molecule has 3 nitrogen and oxygen atoms in total. The topological polar surface area (TPSA) is 34.4 Å². The van der Waals surface area contributed by atoms with Crippen LogP contribution in [0.1, 0.15) is 55.8 Å². The second-order valence-electron chi connectivity index (χ2n) is 7.99. The summed E-state index contributed by atoms with van der Waals surface area (Å²) < 4.78 is 1.69. The van der Waals surface area contributed by atoms with Crippen molar-refractivity contribution in [1.29, 1.82) is 0 Å². The van der Waals surface area contributed by atoms with E-state index in [1.165, 1.54) is 6.42 Å². The van der Waals surface area contributed by atoms with E-state index in [9.17, 15) is 4.79 Å². The molecule has 3 unspecified atom stereocenters. The van der Waals surface area contributed by atoms with Crippen molar-refractivity contribution in [3.63, 3.8) is 0 Å². The number of fused-ring (bicyclic) bond motifs is 1. The van der Waals surface area contributed by atoms with Crippen molar-refractivity contribution in [3.05, 3.63) is 94.1 Å². The molecule has 28 heavy (non-hydrogen) atoms. The lowest BCUT2D eigenvalue weighted by Crippen LogP contribution is -2.26. The molecule has 0 N–H and O–H groups in total. The van der Waals surface area contributed by atoms with E-state index >= 15 is 0 Å². The zero-order chi connectivity index (χ0) is 19.5. The van der Waals surface area contributed by atoms with Crippen LogP contribution in [-0.2, 0) is 6.42 Å². The molecule has 0 saturated heterocycles. The van der Waals surface area contributed by atoms with Crippen LogP contribution in [0.5, 0.6) is 0 Å². The summed E-state index contributed by atoms with van der Waals surface area (Å²) in [5.41, 5.74) is 3.80. The van der Waals surface area contributed by atoms with Gasteiger partial charge in [0.05, 0.1) is 5.69 Å². The SMILES string of the molecule is CCC(c1nc2ccccn2c(=O)c1Cc1ccccc1)C1C=CC(C)CC1. The van der Waals surface area contributed by atoms with Gasteiger partial charge < -0.3 is 0 Å². The van der Waals surface area contributed by atoms with Crippen LogP contribution in [0.4, 0.5) is 0 Å². The van der Waals surface area contributed by atoms with Gasteiger partial charge in [-0.15, -0.1) is 0 Å². The van der Waals surface area contributed by atoms with Crippen molar-refractivity contribution in [3.8, 4) is 0 Å². The average molecular weight is 373 g/mol. The maximum atomic E-state index is 13.4. The Morgan fingerprint density at radius 2 is 1.86 bits per heavy atom. The van der Waals surface area contributed by atoms with Gasteiger partial charge in [0.15, 0.2) is 0 Å². The minimum absolute atomic E-state index is 0.0658. The first-order chi connectivity index (χ1) is 13.7. The molecule has 0 fully saturated rings. The molecule has 1 aliphatic rings. The van der Waals surface area contributed by atoms with E-state index < -0.39 is 0 Å². The van der Waals surface area contributed by atoms with Gasteiger partial charge in [-0.25, -0.2) is 4.98 Å². The highest BCUT2D eigenvalue weighted by molar-refractivity contribution is 5.43. The predicted molar refractivity (Wildman–Crippen MR) is 115 cm³/mol. The fourth-order valence-corrected chi connectivity index (χ4v) is 4.43. The molecule has 4 rings (SSSR count). The van der Waals surface area contributed by atoms with Crippen molar-refractivity contribution < 1.29 is 0 Å². The molecule has 0 aliphatic heterocycles. The minimum Gasteiger partial charge on any atom is -0.269 e. The highest BCUT2D eigenvalue weighted by Crippen LogP contribution is 2.36. The largest absolute Gasteiger partial charge is 0.269 e. The Labute approximate surface area is 166 Å². The molecule has 0 spiro atoms. The van der Waals surface area contributed by atoms with Crippen molar-refractivity contribution >= 4 is 5.65 Å². The number of nitrogens with zero attached hydrogens (tertiary/aromatic N) is 2. The number of hydrogen-bond donors (Lipinski definition) is 0. The van der Waals surface area contributed by atoms with Crippen LogP contribution in [0.3, 0.4) is 0 Å². The van der Waals surface area contributed by atoms with Gasteiger partial charge in [0.2, 0.25) is 0 Å². The lowest BCUT2D eigenvalue weighted by Gasteiger charge is -2.29. The summed E-state index contributed by atoms with van der Waals surface area (Å²) in [7, 11) is 0. The summed E-state index contributed by atoms with van der Waals surface area (Å²) in [5.74, 6) is 1.38. The molecular weight excluding hydrogens is 344 g/mol. The second-order valence-corrected chi connectivity index (χ2v) is 7.99. The summed E-state index contributed by atoms with van der Waals surface area (Å²) >= 11 is 0. The number of benzene rings is 1. The molecule has 1 aromatic carbocycles. The van der Waals surface area contributed by atoms with Crippen molar-refractivity contribution in [2.75, 3.05) is 0 Å². The van der Waals surface area contributed by atoms with E-state index in [-0.39, 0.29) is 11.5 Å². The van der Waals surface area contributed by atoms with E-state index in [1.807, 2.05) is 42.6 Å². The van der Waals surface area contributed by atoms with E-state index in [4.69, 9.17) is 4.98 Å². The highest BCUT2D eigenvalue weighted by Gasteiger charge is 2.27. The summed E-state index contributed by atoms with van der Waals surface area (Å²) in [6, 6.07) is 16.0. The van der Waals surface area contributed by atoms with E-state index in [2.05, 4.69) is 38.1 Å². The van der Waals surface area contributed by atoms with Crippen molar-refractivity contribution in [2.45, 2.75) is 45.4 Å². The normalized spacial score (nSPS) is 20.4. The molecular formula is C25H28N2O. The lowest BCUT2D eigenvalue weighted by atomic mass is 9.77. The van der Waals surface area contributed by atoms with E-state index in [0.29, 0.717) is 18.3 Å². The highest BCUT2D eigenvalue weighted by atomic mass is 16.1. The van der Waals surface area contributed by atoms with Gasteiger partial charge in [-0.05, 0) is 48.8 Å². The Hall–Kier alpha value is -2.68. The van der Waals surface area contributed by atoms with Gasteiger partial charge in [0.25, 0.3) is 5.56 Å². The lowest BCUT2D eigenvalue weighted by molar-refractivity contribution is 0.397. The summed E-state index contributed by atoms with van der Waals surface area (Å²) in [4.78, 5) is 18.4. The van der Waals surface area contributed by atoms with Gasteiger partial charge in [0, 0.05) is 24.1 Å². The van der Waals surface area contributed by atoms with Gasteiger partial charge in [-0.1, -0.05) is 62.4 Å². The van der Waals surface area contributed by atoms with E-state index in [0.717, 1.165) is 35.3 Å². The smallest absolute Gasteiger partial charge is 0.261 e. The van der Waals surface area contributed by atoms with Crippen LogP contribution in [0.25, 0.3) is 5.65 Å². The molecule has 0 amide bonds. The van der Waals surface area contributed by atoms with Crippen LogP contribution in [0.15, 0.2) is 71.7 Å². The Morgan fingerprint density at radius 3 is 2.57 bits per heavy atom. The summed E-state index contributed by atoms with van der Waals surface area (Å²) in [6.45, 7) is 4.49. The molecule has 144 valence electrons. The van der Waals surface area contributed by atoms with Gasteiger partial charge >= 0.3 is 0 Å². The molecule has 3 aromatic rings. The second kappa shape index (κ2) is 8.14. The standard InChI is InChI=1S/C25H28N2O/c1-3-21(20-14-12-18(2)13-15-20)24-22(17-19-9-5-4-6-10-19)25(28)27-16-8-7-11-23(27)26-24/h4-12,14,16,18,20-21H,3,13,15,17H2,1-2H3. The number of hydrogen-bond acceptors (Lipinski definition) is 2. The summed E-state index contributed by atoms with van der Waals surface area (Å²) in [6.07, 6.45) is 10.5. The van der Waals surface area contributed by atoms with Gasteiger partial charge in [-0.2, -0.15) is 0 Å². The fourth-order valence-electron chi connectivity index (χ4n) is 4.43. The maximum absolute atomic E-state index is 13.4. The summed E-state index contributed by atoms with van der Waals surface area (Å²) in [5, 5.41) is 0. The molecule has 0 saturated carbocycles. The first-order valence-electron chi connectivity index (χ1n) is 10.4. The Morgan fingerprint density at radius 1 is 1.07 bits per heavy atom.